The molecule has 3 nitrogen and oxygen atoms in total. The van der Waals surface area contributed by atoms with Crippen molar-refractivity contribution in [3.63, 3.8) is 0 Å². The van der Waals surface area contributed by atoms with Crippen LogP contribution in [0.5, 0.6) is 0 Å². The quantitative estimate of drug-likeness (QED) is 0.776. The first-order chi connectivity index (χ1) is 9.59. The Balaban J connectivity index is 2.20. The molecule has 0 aliphatic rings. The summed E-state index contributed by atoms with van der Waals surface area (Å²) < 4.78 is 13.0. The maximum Gasteiger partial charge on any atom is 0.141 e. The van der Waals surface area contributed by atoms with Gasteiger partial charge >= 0.3 is 0 Å². The predicted molar refractivity (Wildman–Crippen MR) is 76.6 cm³/mol. The normalized spacial score (nSPS) is 14.2. The summed E-state index contributed by atoms with van der Waals surface area (Å²) in [4.78, 5) is 8.23. The largest absolute Gasteiger partial charge is 0.317 e. The van der Waals surface area contributed by atoms with Crippen molar-refractivity contribution in [1.82, 2.24) is 9.97 Å². The Hall–Kier alpha value is -2.33. The fourth-order valence-electron chi connectivity index (χ4n) is 2.40. The van der Waals surface area contributed by atoms with Crippen LogP contribution in [0.25, 0.3) is 10.8 Å². The lowest BCUT2D eigenvalue weighted by Gasteiger charge is -2.26. The molecular weight excluding hydrogens is 253 g/mol. The maximum absolute atomic E-state index is 13.0. The van der Waals surface area contributed by atoms with E-state index in [-0.39, 0.29) is 5.82 Å². The van der Waals surface area contributed by atoms with Gasteiger partial charge in [-0.1, -0.05) is 18.2 Å². The number of fused-ring (bicyclic) bond motifs is 1. The molecule has 3 aromatic rings. The second-order valence-corrected chi connectivity index (χ2v) is 4.97. The van der Waals surface area contributed by atoms with Crippen LogP contribution >= 0.6 is 0 Å². The molecule has 2 N–H and O–H groups in total. The molecule has 4 heteroatoms. The number of rotatable bonds is 2. The van der Waals surface area contributed by atoms with Gasteiger partial charge in [0.05, 0.1) is 17.4 Å². The van der Waals surface area contributed by atoms with Crippen molar-refractivity contribution < 1.29 is 4.39 Å². The highest BCUT2D eigenvalue weighted by molar-refractivity contribution is 5.86. The third-order valence-corrected chi connectivity index (χ3v) is 3.50. The zero-order valence-corrected chi connectivity index (χ0v) is 11.0. The van der Waals surface area contributed by atoms with E-state index in [2.05, 4.69) is 9.97 Å². The molecule has 0 aliphatic carbocycles. The van der Waals surface area contributed by atoms with Gasteiger partial charge in [0.1, 0.15) is 5.82 Å². The minimum atomic E-state index is -0.797. The van der Waals surface area contributed by atoms with Crippen molar-refractivity contribution in [2.45, 2.75) is 12.5 Å². The molecule has 0 aliphatic heterocycles. The van der Waals surface area contributed by atoms with Crippen LogP contribution < -0.4 is 5.73 Å². The summed E-state index contributed by atoms with van der Waals surface area (Å²) in [5.41, 5.74) is 7.24. The Morgan fingerprint density at radius 1 is 1.10 bits per heavy atom. The van der Waals surface area contributed by atoms with E-state index < -0.39 is 5.54 Å². The van der Waals surface area contributed by atoms with E-state index in [1.54, 1.807) is 18.5 Å². The van der Waals surface area contributed by atoms with E-state index in [1.165, 1.54) is 12.3 Å². The summed E-state index contributed by atoms with van der Waals surface area (Å²) in [5.74, 6) is -0.369. The van der Waals surface area contributed by atoms with E-state index in [9.17, 15) is 4.39 Å². The first kappa shape index (κ1) is 12.7. The molecule has 0 bridgehead atoms. The van der Waals surface area contributed by atoms with Crippen molar-refractivity contribution in [3.8, 4) is 0 Å². The van der Waals surface area contributed by atoms with Gasteiger partial charge in [-0.15, -0.1) is 0 Å². The number of aromatic nitrogens is 2. The number of nitrogens with two attached hydrogens (primary N) is 1. The third kappa shape index (κ3) is 2.04. The third-order valence-electron chi connectivity index (χ3n) is 3.50. The van der Waals surface area contributed by atoms with Gasteiger partial charge in [0.25, 0.3) is 0 Å². The van der Waals surface area contributed by atoms with E-state index >= 15 is 0 Å². The number of hydrogen-bond acceptors (Lipinski definition) is 3. The van der Waals surface area contributed by atoms with Crippen LogP contribution in [0.3, 0.4) is 0 Å². The molecule has 0 spiro atoms. The van der Waals surface area contributed by atoms with Gasteiger partial charge < -0.3 is 5.73 Å². The van der Waals surface area contributed by atoms with Crippen LogP contribution in [0, 0.1) is 5.82 Å². The molecule has 100 valence electrons. The number of halogens is 1. The average Bonchev–Trinajstić information content (AvgIpc) is 2.47. The number of hydrogen-bond donors (Lipinski definition) is 1. The van der Waals surface area contributed by atoms with E-state index in [0.29, 0.717) is 5.69 Å². The van der Waals surface area contributed by atoms with Crippen molar-refractivity contribution >= 4 is 10.8 Å². The van der Waals surface area contributed by atoms with Gasteiger partial charge in [-0.05, 0) is 36.1 Å². The van der Waals surface area contributed by atoms with Crippen LogP contribution in [0.15, 0.2) is 55.0 Å². The standard InChI is InChI=1S/C16H14FN3/c1-16(18,15-6-5-12(17)10-20-15)14-4-2-3-11-9-19-8-7-13(11)14/h2-10H,18H2,1H3. The highest BCUT2D eigenvalue weighted by Crippen LogP contribution is 2.30. The second-order valence-electron chi connectivity index (χ2n) is 4.97. The highest BCUT2D eigenvalue weighted by atomic mass is 19.1. The van der Waals surface area contributed by atoms with Gasteiger partial charge in [-0.25, -0.2) is 4.39 Å². The minimum absolute atomic E-state index is 0.369. The Kier molecular flexibility index (Phi) is 2.95. The molecule has 0 saturated heterocycles. The molecule has 1 unspecified atom stereocenters. The number of nitrogens with zero attached hydrogens (tertiary/aromatic N) is 2. The van der Waals surface area contributed by atoms with Gasteiger partial charge in [-0.2, -0.15) is 0 Å². The summed E-state index contributed by atoms with van der Waals surface area (Å²) in [6.07, 6.45) is 4.72. The fourth-order valence-corrected chi connectivity index (χ4v) is 2.40. The fraction of sp³-hybridized carbons (Fsp3) is 0.125. The van der Waals surface area contributed by atoms with Gasteiger partial charge in [-0.3, -0.25) is 9.97 Å². The van der Waals surface area contributed by atoms with Crippen LogP contribution in [-0.2, 0) is 5.54 Å². The second kappa shape index (κ2) is 4.65. The Bertz CT molecular complexity index is 746. The Morgan fingerprint density at radius 3 is 2.70 bits per heavy atom. The summed E-state index contributed by atoms with van der Waals surface area (Å²) >= 11 is 0. The minimum Gasteiger partial charge on any atom is -0.317 e. The molecule has 2 heterocycles. The smallest absolute Gasteiger partial charge is 0.141 e. The SMILES string of the molecule is CC(N)(c1ccc(F)cn1)c1cccc2cnccc12. The molecule has 0 radical (unpaired) electrons. The lowest BCUT2D eigenvalue weighted by atomic mass is 9.86. The molecule has 2 aromatic heterocycles. The van der Waals surface area contributed by atoms with Crippen molar-refractivity contribution in [2.24, 2.45) is 5.73 Å². The molecular formula is C16H14FN3. The number of benzene rings is 1. The summed E-state index contributed by atoms with van der Waals surface area (Å²) in [5, 5.41) is 2.04. The monoisotopic (exact) mass is 267 g/mol. The zero-order valence-electron chi connectivity index (χ0n) is 11.0. The number of pyridine rings is 2. The molecule has 20 heavy (non-hydrogen) atoms. The maximum atomic E-state index is 13.0. The molecule has 1 aromatic carbocycles. The van der Waals surface area contributed by atoms with E-state index in [1.807, 2.05) is 31.2 Å². The van der Waals surface area contributed by atoms with Gasteiger partial charge in [0, 0.05) is 17.8 Å². The van der Waals surface area contributed by atoms with E-state index in [0.717, 1.165) is 16.3 Å². The summed E-state index contributed by atoms with van der Waals surface area (Å²) in [7, 11) is 0. The average molecular weight is 267 g/mol. The summed E-state index contributed by atoms with van der Waals surface area (Å²) in [6, 6.07) is 10.8. The van der Waals surface area contributed by atoms with E-state index in [4.69, 9.17) is 5.73 Å². The van der Waals surface area contributed by atoms with Gasteiger partial charge in [0.2, 0.25) is 0 Å². The summed E-state index contributed by atoms with van der Waals surface area (Å²) in [6.45, 7) is 1.88. The lowest BCUT2D eigenvalue weighted by Crippen LogP contribution is -2.35. The topological polar surface area (TPSA) is 51.8 Å². The molecule has 1 atom stereocenters. The van der Waals surface area contributed by atoms with Crippen LogP contribution in [0.2, 0.25) is 0 Å². The van der Waals surface area contributed by atoms with Crippen molar-refractivity contribution in [1.29, 1.82) is 0 Å². The van der Waals surface area contributed by atoms with Crippen LogP contribution in [-0.4, -0.2) is 9.97 Å². The van der Waals surface area contributed by atoms with Crippen LogP contribution in [0.1, 0.15) is 18.2 Å². The molecule has 0 saturated carbocycles. The lowest BCUT2D eigenvalue weighted by molar-refractivity contribution is 0.571. The molecule has 0 fully saturated rings. The van der Waals surface area contributed by atoms with Crippen molar-refractivity contribution in [3.05, 3.63) is 72.1 Å². The Morgan fingerprint density at radius 2 is 1.95 bits per heavy atom. The Labute approximate surface area is 116 Å². The highest BCUT2D eigenvalue weighted by Gasteiger charge is 2.27. The predicted octanol–water partition coefficient (Wildman–Crippen LogP) is 2.99. The molecule has 3 rings (SSSR count). The van der Waals surface area contributed by atoms with Gasteiger partial charge in [0.15, 0.2) is 0 Å². The molecule has 0 amide bonds. The van der Waals surface area contributed by atoms with Crippen LogP contribution in [0.4, 0.5) is 4.39 Å². The van der Waals surface area contributed by atoms with Crippen molar-refractivity contribution in [2.75, 3.05) is 0 Å². The first-order valence-corrected chi connectivity index (χ1v) is 6.33. The zero-order chi connectivity index (χ0) is 14.2. The first-order valence-electron chi connectivity index (χ1n) is 6.33.